The molecule has 9 heteroatoms. The number of hydrogen-bond acceptors (Lipinski definition) is 6. The molecule has 0 bridgehead atoms. The van der Waals surface area contributed by atoms with Crippen molar-refractivity contribution in [2.24, 2.45) is 0 Å². The van der Waals surface area contributed by atoms with Crippen LogP contribution in [0.5, 0.6) is 0 Å². The highest BCUT2D eigenvalue weighted by molar-refractivity contribution is 7.47. The maximum Gasteiger partial charge on any atom is 0.472 e. The molecule has 0 fully saturated rings. The number of quaternary nitrogens is 1. The summed E-state index contributed by atoms with van der Waals surface area (Å²) in [6.45, 7) is 5.31. The Balaban J connectivity index is 4.20. The van der Waals surface area contributed by atoms with Crippen LogP contribution in [-0.4, -0.2) is 75.6 Å². The molecule has 8 nitrogen and oxygen atoms in total. The van der Waals surface area contributed by atoms with Crippen LogP contribution in [-0.2, 0) is 27.9 Å². The van der Waals surface area contributed by atoms with E-state index in [4.69, 9.17) is 18.5 Å². The fourth-order valence-electron chi connectivity index (χ4n) is 6.00. The first-order valence-corrected chi connectivity index (χ1v) is 25.5. The number of hydrogen-bond donors (Lipinski definition) is 1. The average molecular weight is 873 g/mol. The van der Waals surface area contributed by atoms with Gasteiger partial charge in [0.1, 0.15) is 19.3 Å². The van der Waals surface area contributed by atoms with Gasteiger partial charge in [0.05, 0.1) is 34.4 Å². The molecule has 1 N–H and O–H groups in total. The third kappa shape index (κ3) is 48.3. The molecule has 0 aromatic heterocycles. The first-order valence-electron chi connectivity index (χ1n) is 24.0. The monoisotopic (exact) mass is 873 g/mol. The van der Waals surface area contributed by atoms with Gasteiger partial charge >= 0.3 is 13.8 Å². The van der Waals surface area contributed by atoms with Gasteiger partial charge in [-0.05, 0) is 89.9 Å². The molecule has 350 valence electrons. The van der Waals surface area contributed by atoms with E-state index in [0.29, 0.717) is 24.1 Å². The zero-order valence-electron chi connectivity index (χ0n) is 39.6. The lowest BCUT2D eigenvalue weighted by molar-refractivity contribution is -0.870. The number of allylic oxidation sites excluding steroid dienone is 16. The highest BCUT2D eigenvalue weighted by atomic mass is 31.2. The van der Waals surface area contributed by atoms with E-state index in [1.807, 2.05) is 21.1 Å². The summed E-state index contributed by atoms with van der Waals surface area (Å²) in [7, 11) is 1.63. The topological polar surface area (TPSA) is 91.3 Å². The summed E-state index contributed by atoms with van der Waals surface area (Å²) in [6, 6.07) is 0. The van der Waals surface area contributed by atoms with Crippen molar-refractivity contribution in [1.82, 2.24) is 0 Å². The van der Waals surface area contributed by atoms with Crippen LogP contribution in [0.1, 0.15) is 168 Å². The van der Waals surface area contributed by atoms with E-state index in [0.717, 1.165) is 109 Å². The zero-order chi connectivity index (χ0) is 44.8. The van der Waals surface area contributed by atoms with E-state index in [-0.39, 0.29) is 25.8 Å². The molecule has 2 atom stereocenters. The normalized spacial score (nSPS) is 14.5. The van der Waals surface area contributed by atoms with Gasteiger partial charge in [0.15, 0.2) is 0 Å². The third-order valence-electron chi connectivity index (χ3n) is 9.64. The van der Waals surface area contributed by atoms with Gasteiger partial charge in [0.2, 0.25) is 0 Å². The van der Waals surface area contributed by atoms with Crippen molar-refractivity contribution in [3.63, 3.8) is 0 Å². The lowest BCUT2D eigenvalue weighted by Crippen LogP contribution is -2.37. The molecule has 0 saturated carbocycles. The Labute approximate surface area is 375 Å². The van der Waals surface area contributed by atoms with Gasteiger partial charge in [-0.3, -0.25) is 13.8 Å². The lowest BCUT2D eigenvalue weighted by atomic mass is 10.1. The van der Waals surface area contributed by atoms with E-state index in [1.165, 1.54) is 38.5 Å². The molecule has 0 aliphatic rings. The molecule has 0 spiro atoms. The second kappa shape index (κ2) is 44.0. The number of rotatable bonds is 43. The van der Waals surface area contributed by atoms with Crippen molar-refractivity contribution in [3.8, 4) is 0 Å². The maximum absolute atomic E-state index is 12.7. The first kappa shape index (κ1) is 58.4. The zero-order valence-corrected chi connectivity index (χ0v) is 40.5. The minimum absolute atomic E-state index is 0.0772. The molecule has 0 saturated heterocycles. The van der Waals surface area contributed by atoms with Gasteiger partial charge in [-0.1, -0.05) is 169 Å². The molecule has 0 aromatic rings. The Kier molecular flexibility index (Phi) is 42.2. The summed E-state index contributed by atoms with van der Waals surface area (Å²) in [5, 5.41) is 0. The first-order chi connectivity index (χ1) is 29.6. The maximum atomic E-state index is 12.7. The van der Waals surface area contributed by atoms with Gasteiger partial charge in [0.25, 0.3) is 0 Å². The fourth-order valence-corrected chi connectivity index (χ4v) is 6.75. The van der Waals surface area contributed by atoms with E-state index >= 15 is 0 Å². The Morgan fingerprint density at radius 2 is 0.902 bits per heavy atom. The summed E-state index contributed by atoms with van der Waals surface area (Å²) in [5.74, 6) is -0.333. The highest BCUT2D eigenvalue weighted by Gasteiger charge is 2.26. The minimum atomic E-state index is -4.29. The number of ether oxygens (including phenoxy) is 2. The lowest BCUT2D eigenvalue weighted by Gasteiger charge is -2.24. The number of carbonyl (C=O) groups is 1. The van der Waals surface area contributed by atoms with Gasteiger partial charge in [-0.15, -0.1) is 0 Å². The predicted molar refractivity (Wildman–Crippen MR) is 261 cm³/mol. The van der Waals surface area contributed by atoms with Crippen molar-refractivity contribution in [2.75, 3.05) is 54.1 Å². The SMILES string of the molecule is CC/C=C\C/C=C\C/C=C\C/C=C\C/C=C\CCCCCCCCCCCC(=O)OC(COCCCCCC/C=C\C/C=C\C/C=C\CC)COP(=O)(O)OCC[N+](C)(C)C. The van der Waals surface area contributed by atoms with Crippen LogP contribution in [0.15, 0.2) is 97.2 Å². The van der Waals surface area contributed by atoms with Crippen molar-refractivity contribution in [1.29, 1.82) is 0 Å². The second-order valence-corrected chi connectivity index (χ2v) is 18.2. The number of esters is 1. The van der Waals surface area contributed by atoms with Crippen molar-refractivity contribution in [3.05, 3.63) is 97.2 Å². The molecule has 0 amide bonds. The third-order valence-corrected chi connectivity index (χ3v) is 10.6. The molecule has 0 aliphatic carbocycles. The highest BCUT2D eigenvalue weighted by Crippen LogP contribution is 2.43. The van der Waals surface area contributed by atoms with Crippen LogP contribution in [0.4, 0.5) is 0 Å². The van der Waals surface area contributed by atoms with Crippen molar-refractivity contribution in [2.45, 2.75) is 174 Å². The summed E-state index contributed by atoms with van der Waals surface area (Å²) in [6.07, 6.45) is 60.2. The number of nitrogens with zero attached hydrogens (tertiary/aromatic N) is 1. The standard InChI is InChI=1S/C52H90NO7P/c1-6-8-10-12-14-16-18-20-22-23-24-25-26-27-28-29-30-31-32-33-35-37-39-41-43-45-52(54)60-51(50-59-61(55,56)58-48-46-53(3,4)5)49-57-47-44-42-40-38-36-34-21-19-17-15-13-11-9-7-2/h8-11,14-17,20-22,24-25,27-28,34,51H,6-7,12-13,18-19,23,26,29-33,35-50H2,1-5H3/p+1/b10-8-,11-9-,16-14-,17-15-,22-20-,25-24-,28-27-,34-21-. The van der Waals surface area contributed by atoms with Crippen LogP contribution in [0, 0.1) is 0 Å². The molecular weight excluding hydrogens is 782 g/mol. The van der Waals surface area contributed by atoms with Crippen LogP contribution in [0.2, 0.25) is 0 Å². The van der Waals surface area contributed by atoms with E-state index < -0.39 is 13.9 Å². The summed E-state index contributed by atoms with van der Waals surface area (Å²) in [5.41, 5.74) is 0. The number of likely N-dealkylation sites (N-methyl/N-ethyl adjacent to an activating group) is 1. The molecule has 2 unspecified atom stereocenters. The van der Waals surface area contributed by atoms with Crippen molar-refractivity contribution >= 4 is 13.8 Å². The minimum Gasteiger partial charge on any atom is -0.457 e. The van der Waals surface area contributed by atoms with Gasteiger partial charge in [0, 0.05) is 13.0 Å². The molecule has 0 rings (SSSR count). The summed E-state index contributed by atoms with van der Waals surface area (Å²) < 4.78 is 35.0. The Hall–Kier alpha value is -2.58. The fraction of sp³-hybridized carbons (Fsp3) is 0.673. The number of carbonyl (C=O) groups excluding carboxylic acids is 1. The van der Waals surface area contributed by atoms with Crippen LogP contribution in [0.3, 0.4) is 0 Å². The molecule has 0 radical (unpaired) electrons. The van der Waals surface area contributed by atoms with E-state index in [9.17, 15) is 14.3 Å². The van der Waals surface area contributed by atoms with Crippen LogP contribution < -0.4 is 0 Å². The van der Waals surface area contributed by atoms with E-state index in [1.54, 1.807) is 0 Å². The second-order valence-electron chi connectivity index (χ2n) is 16.7. The number of phosphoric ester groups is 1. The predicted octanol–water partition coefficient (Wildman–Crippen LogP) is 14.6. The molecular formula is C52H91NO7P+. The van der Waals surface area contributed by atoms with E-state index in [2.05, 4.69) is 111 Å². The van der Waals surface area contributed by atoms with Crippen LogP contribution in [0.25, 0.3) is 0 Å². The summed E-state index contributed by atoms with van der Waals surface area (Å²) >= 11 is 0. The Morgan fingerprint density at radius 3 is 1.34 bits per heavy atom. The van der Waals surface area contributed by atoms with Crippen LogP contribution >= 0.6 is 7.82 Å². The average Bonchev–Trinajstić information content (AvgIpc) is 3.22. The quantitative estimate of drug-likeness (QED) is 0.0214. The Morgan fingerprint density at radius 1 is 0.508 bits per heavy atom. The molecule has 0 aliphatic heterocycles. The smallest absolute Gasteiger partial charge is 0.457 e. The number of phosphoric acid groups is 1. The van der Waals surface area contributed by atoms with Gasteiger partial charge in [-0.25, -0.2) is 4.57 Å². The Bertz CT molecular complexity index is 1290. The molecule has 0 heterocycles. The number of unbranched alkanes of at least 4 members (excludes halogenated alkanes) is 13. The van der Waals surface area contributed by atoms with Gasteiger partial charge < -0.3 is 18.9 Å². The largest absolute Gasteiger partial charge is 0.472 e. The summed E-state index contributed by atoms with van der Waals surface area (Å²) in [4.78, 5) is 23.0. The molecule has 0 aromatic carbocycles. The van der Waals surface area contributed by atoms with Crippen molar-refractivity contribution < 1.29 is 37.3 Å². The molecule has 61 heavy (non-hydrogen) atoms. The van der Waals surface area contributed by atoms with Gasteiger partial charge in [-0.2, -0.15) is 0 Å².